The molecule has 16 heavy (non-hydrogen) atoms. The number of aryl methyl sites for hydroxylation is 1. The maximum atomic E-state index is 5.62. The van der Waals surface area contributed by atoms with Crippen molar-refractivity contribution >= 4 is 11.8 Å². The zero-order valence-corrected chi connectivity index (χ0v) is 11.0. The third kappa shape index (κ3) is 4.16. The van der Waals surface area contributed by atoms with Crippen molar-refractivity contribution in [1.29, 1.82) is 0 Å². The number of thioether (sulfide) groups is 1. The van der Waals surface area contributed by atoms with E-state index in [0.717, 1.165) is 12.2 Å². The molecule has 0 radical (unpaired) electrons. The molecule has 1 rings (SSSR count). The second kappa shape index (κ2) is 7.71. The van der Waals surface area contributed by atoms with Gasteiger partial charge >= 0.3 is 0 Å². The van der Waals surface area contributed by atoms with Gasteiger partial charge in [-0.05, 0) is 29.7 Å². The highest BCUT2D eigenvalue weighted by atomic mass is 32.2. The molecule has 3 heteroatoms. The molecule has 0 heterocycles. The zero-order chi connectivity index (χ0) is 11.8. The fraction of sp³-hybridized carbons (Fsp3) is 0.538. The molecule has 1 atom stereocenters. The molecule has 0 saturated heterocycles. The fourth-order valence-corrected chi connectivity index (χ4v) is 2.60. The van der Waals surface area contributed by atoms with Crippen molar-refractivity contribution in [3.05, 3.63) is 35.4 Å². The minimum atomic E-state index is 0.267. The van der Waals surface area contributed by atoms with Crippen molar-refractivity contribution < 1.29 is 0 Å². The number of nitrogens with one attached hydrogen (secondary N) is 1. The van der Waals surface area contributed by atoms with Crippen LogP contribution < -0.4 is 11.3 Å². The van der Waals surface area contributed by atoms with Crippen LogP contribution in [0.2, 0.25) is 0 Å². The van der Waals surface area contributed by atoms with E-state index < -0.39 is 0 Å². The molecular weight excluding hydrogens is 216 g/mol. The van der Waals surface area contributed by atoms with Crippen LogP contribution in [0, 0.1) is 0 Å². The predicted molar refractivity (Wildman–Crippen MR) is 73.5 cm³/mol. The van der Waals surface area contributed by atoms with Gasteiger partial charge in [-0.2, -0.15) is 11.8 Å². The van der Waals surface area contributed by atoms with E-state index in [4.69, 9.17) is 5.84 Å². The molecule has 1 unspecified atom stereocenters. The summed E-state index contributed by atoms with van der Waals surface area (Å²) in [5.41, 5.74) is 5.58. The summed E-state index contributed by atoms with van der Waals surface area (Å²) < 4.78 is 0. The molecule has 1 aromatic carbocycles. The average molecular weight is 238 g/mol. The summed E-state index contributed by atoms with van der Waals surface area (Å²) in [6.07, 6.45) is 2.30. The van der Waals surface area contributed by atoms with Gasteiger partial charge in [0.1, 0.15) is 0 Å². The van der Waals surface area contributed by atoms with E-state index in [1.165, 1.54) is 23.3 Å². The van der Waals surface area contributed by atoms with Gasteiger partial charge in [-0.1, -0.05) is 38.1 Å². The average Bonchev–Trinajstić information content (AvgIpc) is 2.35. The number of hydrogen-bond acceptors (Lipinski definition) is 3. The minimum absolute atomic E-state index is 0.267. The van der Waals surface area contributed by atoms with Crippen molar-refractivity contribution in [2.45, 2.75) is 32.7 Å². The summed E-state index contributed by atoms with van der Waals surface area (Å²) in [7, 11) is 0. The molecule has 1 aromatic rings. The van der Waals surface area contributed by atoms with Crippen molar-refractivity contribution in [3.8, 4) is 0 Å². The first-order valence-corrected chi connectivity index (χ1v) is 7.10. The van der Waals surface area contributed by atoms with E-state index in [2.05, 4.69) is 43.5 Å². The van der Waals surface area contributed by atoms with E-state index in [1.807, 2.05) is 11.8 Å². The Hall–Kier alpha value is -0.510. The lowest BCUT2D eigenvalue weighted by atomic mass is 10.0. The van der Waals surface area contributed by atoms with Crippen molar-refractivity contribution in [3.63, 3.8) is 0 Å². The van der Waals surface area contributed by atoms with Crippen LogP contribution in [-0.4, -0.2) is 11.5 Å². The lowest BCUT2D eigenvalue weighted by molar-refractivity contribution is 0.610. The Bertz CT molecular complexity index is 302. The van der Waals surface area contributed by atoms with Gasteiger partial charge in [0.25, 0.3) is 0 Å². The molecule has 0 amide bonds. The van der Waals surface area contributed by atoms with Crippen LogP contribution >= 0.6 is 11.8 Å². The zero-order valence-electron chi connectivity index (χ0n) is 10.2. The predicted octanol–water partition coefficient (Wildman–Crippen LogP) is 2.90. The standard InChI is InChI=1S/C13H22N2S/c1-3-8-16-10-13(15-14)12-7-5-6-11(4-2)9-12/h5-7,9,13,15H,3-4,8,10,14H2,1-2H3. The largest absolute Gasteiger partial charge is 0.271 e. The Morgan fingerprint density at radius 3 is 2.81 bits per heavy atom. The molecular formula is C13H22N2S. The van der Waals surface area contributed by atoms with Gasteiger partial charge in [-0.15, -0.1) is 0 Å². The molecule has 0 aromatic heterocycles. The van der Waals surface area contributed by atoms with Gasteiger partial charge < -0.3 is 0 Å². The second-order valence-electron chi connectivity index (χ2n) is 3.89. The molecule has 0 spiro atoms. The number of rotatable bonds is 7. The number of hydrazine groups is 1. The molecule has 0 aliphatic rings. The first-order valence-electron chi connectivity index (χ1n) is 5.94. The summed E-state index contributed by atoms with van der Waals surface area (Å²) in [6.45, 7) is 4.38. The Labute approximate surface area is 103 Å². The lowest BCUT2D eigenvalue weighted by Gasteiger charge is -2.16. The monoisotopic (exact) mass is 238 g/mol. The second-order valence-corrected chi connectivity index (χ2v) is 5.04. The third-order valence-corrected chi connectivity index (χ3v) is 3.86. The minimum Gasteiger partial charge on any atom is -0.271 e. The van der Waals surface area contributed by atoms with Gasteiger partial charge in [0, 0.05) is 5.75 Å². The Morgan fingerprint density at radius 1 is 1.38 bits per heavy atom. The number of benzene rings is 1. The first kappa shape index (κ1) is 13.6. The van der Waals surface area contributed by atoms with Crippen molar-refractivity contribution in [1.82, 2.24) is 5.43 Å². The first-order chi connectivity index (χ1) is 7.81. The van der Waals surface area contributed by atoms with Gasteiger partial charge in [0.05, 0.1) is 6.04 Å². The van der Waals surface area contributed by atoms with Crippen LogP contribution in [0.15, 0.2) is 24.3 Å². The highest BCUT2D eigenvalue weighted by Gasteiger charge is 2.09. The molecule has 2 nitrogen and oxygen atoms in total. The summed E-state index contributed by atoms with van der Waals surface area (Å²) in [5.74, 6) is 7.85. The topological polar surface area (TPSA) is 38.0 Å². The Kier molecular flexibility index (Phi) is 6.53. The summed E-state index contributed by atoms with van der Waals surface area (Å²) in [6, 6.07) is 8.94. The van der Waals surface area contributed by atoms with Gasteiger partial charge in [-0.3, -0.25) is 11.3 Å². The lowest BCUT2D eigenvalue weighted by Crippen LogP contribution is -2.29. The van der Waals surface area contributed by atoms with Crippen molar-refractivity contribution in [2.75, 3.05) is 11.5 Å². The quantitative estimate of drug-likeness (QED) is 0.436. The maximum Gasteiger partial charge on any atom is 0.0550 e. The highest BCUT2D eigenvalue weighted by Crippen LogP contribution is 2.19. The van der Waals surface area contributed by atoms with Crippen LogP contribution in [-0.2, 0) is 6.42 Å². The van der Waals surface area contributed by atoms with E-state index in [0.29, 0.717) is 0 Å². The maximum absolute atomic E-state index is 5.62. The highest BCUT2D eigenvalue weighted by molar-refractivity contribution is 7.99. The third-order valence-electron chi connectivity index (χ3n) is 2.60. The smallest absolute Gasteiger partial charge is 0.0550 e. The summed E-state index contributed by atoms with van der Waals surface area (Å²) >= 11 is 1.95. The molecule has 0 saturated carbocycles. The van der Waals surface area contributed by atoms with E-state index in [1.54, 1.807) is 0 Å². The van der Waals surface area contributed by atoms with Gasteiger partial charge in [0.2, 0.25) is 0 Å². The summed E-state index contributed by atoms with van der Waals surface area (Å²) in [5, 5.41) is 0. The van der Waals surface area contributed by atoms with E-state index >= 15 is 0 Å². The normalized spacial score (nSPS) is 12.7. The van der Waals surface area contributed by atoms with Crippen molar-refractivity contribution in [2.24, 2.45) is 5.84 Å². The number of nitrogens with two attached hydrogens (primary N) is 1. The molecule has 90 valence electrons. The van der Waals surface area contributed by atoms with Crippen LogP contribution in [0.1, 0.15) is 37.4 Å². The fourth-order valence-electron chi connectivity index (χ4n) is 1.62. The van der Waals surface area contributed by atoms with Crippen LogP contribution in [0.3, 0.4) is 0 Å². The molecule has 3 N–H and O–H groups in total. The summed E-state index contributed by atoms with van der Waals surface area (Å²) in [4.78, 5) is 0. The van der Waals surface area contributed by atoms with Crippen LogP contribution in [0.5, 0.6) is 0 Å². The van der Waals surface area contributed by atoms with Gasteiger partial charge in [0.15, 0.2) is 0 Å². The SMILES string of the molecule is CCCSCC(NN)c1cccc(CC)c1. The Balaban J connectivity index is 2.62. The molecule has 0 aliphatic carbocycles. The molecule has 0 aliphatic heterocycles. The van der Waals surface area contributed by atoms with Gasteiger partial charge in [-0.25, -0.2) is 0 Å². The van der Waals surface area contributed by atoms with E-state index in [-0.39, 0.29) is 6.04 Å². The van der Waals surface area contributed by atoms with Crippen LogP contribution in [0.25, 0.3) is 0 Å². The molecule has 0 fully saturated rings. The number of hydrogen-bond donors (Lipinski definition) is 2. The Morgan fingerprint density at radius 2 is 2.19 bits per heavy atom. The van der Waals surface area contributed by atoms with E-state index in [9.17, 15) is 0 Å². The van der Waals surface area contributed by atoms with Crippen LogP contribution in [0.4, 0.5) is 0 Å². The molecule has 0 bridgehead atoms.